The molecule has 2 atom stereocenters. The van der Waals surface area contributed by atoms with Crippen LogP contribution in [0.5, 0.6) is 0 Å². The zero-order chi connectivity index (χ0) is 15.5. The van der Waals surface area contributed by atoms with Crippen LogP contribution >= 0.6 is 0 Å². The van der Waals surface area contributed by atoms with Gasteiger partial charge in [0.25, 0.3) is 0 Å². The van der Waals surface area contributed by atoms with Crippen LogP contribution in [-0.4, -0.2) is 28.6 Å². The molecule has 2 aromatic rings. The van der Waals surface area contributed by atoms with Crippen molar-refractivity contribution in [1.82, 2.24) is 4.90 Å². The summed E-state index contributed by atoms with van der Waals surface area (Å²) >= 11 is 0. The van der Waals surface area contributed by atoms with Crippen LogP contribution in [0.15, 0.2) is 47.1 Å². The Hall–Kier alpha value is -2.07. The quantitative estimate of drug-likeness (QED) is 0.937. The highest BCUT2D eigenvalue weighted by molar-refractivity contribution is 5.73. The molecule has 1 fully saturated rings. The second kappa shape index (κ2) is 6.36. The average molecular weight is 299 g/mol. The van der Waals surface area contributed by atoms with Gasteiger partial charge in [-0.25, -0.2) is 0 Å². The van der Waals surface area contributed by atoms with E-state index in [9.17, 15) is 9.90 Å². The molecule has 22 heavy (non-hydrogen) atoms. The third-order valence-electron chi connectivity index (χ3n) is 4.37. The van der Waals surface area contributed by atoms with Crippen LogP contribution in [0.2, 0.25) is 0 Å². The van der Waals surface area contributed by atoms with Crippen LogP contribution in [0, 0.1) is 6.92 Å². The molecule has 0 bridgehead atoms. The molecule has 1 aromatic carbocycles. The van der Waals surface area contributed by atoms with Crippen molar-refractivity contribution in [2.24, 2.45) is 0 Å². The maximum Gasteiger partial charge on any atom is 0.320 e. The monoisotopic (exact) mass is 299 g/mol. The number of rotatable bonds is 4. The Balaban J connectivity index is 2.01. The predicted molar refractivity (Wildman–Crippen MR) is 83.7 cm³/mol. The molecule has 1 aliphatic rings. The van der Waals surface area contributed by atoms with Gasteiger partial charge in [0, 0.05) is 6.54 Å². The highest BCUT2D eigenvalue weighted by Crippen LogP contribution is 2.34. The first-order valence-corrected chi connectivity index (χ1v) is 7.75. The number of piperidine rings is 1. The summed E-state index contributed by atoms with van der Waals surface area (Å²) in [6.07, 6.45) is 4.33. The van der Waals surface area contributed by atoms with Crippen molar-refractivity contribution in [1.29, 1.82) is 0 Å². The molecule has 0 spiro atoms. The molecule has 4 nitrogen and oxygen atoms in total. The summed E-state index contributed by atoms with van der Waals surface area (Å²) in [4.78, 5) is 13.7. The van der Waals surface area contributed by atoms with Crippen molar-refractivity contribution in [2.75, 3.05) is 6.54 Å². The van der Waals surface area contributed by atoms with E-state index in [0.29, 0.717) is 6.42 Å². The maximum atomic E-state index is 11.7. The van der Waals surface area contributed by atoms with Crippen LogP contribution in [0.1, 0.15) is 42.2 Å². The lowest BCUT2D eigenvalue weighted by molar-refractivity contribution is -0.145. The van der Waals surface area contributed by atoms with Gasteiger partial charge < -0.3 is 9.52 Å². The molecule has 116 valence electrons. The van der Waals surface area contributed by atoms with Gasteiger partial charge >= 0.3 is 5.97 Å². The zero-order valence-electron chi connectivity index (χ0n) is 12.7. The van der Waals surface area contributed by atoms with Gasteiger partial charge in [0.05, 0.1) is 12.3 Å². The first-order valence-electron chi connectivity index (χ1n) is 7.75. The lowest BCUT2D eigenvalue weighted by Crippen LogP contribution is -2.46. The third kappa shape index (κ3) is 2.92. The Bertz CT molecular complexity index is 618. The van der Waals surface area contributed by atoms with Crippen molar-refractivity contribution in [3.63, 3.8) is 0 Å². The van der Waals surface area contributed by atoms with E-state index >= 15 is 0 Å². The number of hydrogen-bond acceptors (Lipinski definition) is 3. The minimum Gasteiger partial charge on any atom is -0.480 e. The minimum atomic E-state index is -0.747. The number of furan rings is 1. The highest BCUT2D eigenvalue weighted by atomic mass is 16.4. The summed E-state index contributed by atoms with van der Waals surface area (Å²) in [5, 5.41) is 9.57. The van der Waals surface area contributed by atoms with E-state index in [2.05, 4.69) is 29.2 Å². The van der Waals surface area contributed by atoms with E-state index in [1.807, 2.05) is 19.1 Å². The number of carboxylic acid groups (broad SMARTS) is 1. The van der Waals surface area contributed by atoms with Gasteiger partial charge in [-0.05, 0) is 37.5 Å². The molecule has 0 saturated carbocycles. The number of carboxylic acids is 1. The molecule has 2 heterocycles. The van der Waals surface area contributed by atoms with E-state index in [1.165, 1.54) is 5.56 Å². The molecular formula is C18H21NO3. The van der Waals surface area contributed by atoms with Gasteiger partial charge in [-0.3, -0.25) is 9.69 Å². The van der Waals surface area contributed by atoms with Gasteiger partial charge in [0.1, 0.15) is 11.8 Å². The first-order chi connectivity index (χ1) is 10.7. The van der Waals surface area contributed by atoms with E-state index in [-0.39, 0.29) is 6.04 Å². The summed E-state index contributed by atoms with van der Waals surface area (Å²) in [5.74, 6) is 0.0559. The lowest BCUT2D eigenvalue weighted by Gasteiger charge is -2.38. The smallest absolute Gasteiger partial charge is 0.320 e. The van der Waals surface area contributed by atoms with Crippen LogP contribution in [0.4, 0.5) is 0 Å². The van der Waals surface area contributed by atoms with Crippen LogP contribution in [0.3, 0.4) is 0 Å². The Morgan fingerprint density at radius 2 is 2.05 bits per heavy atom. The third-order valence-corrected chi connectivity index (χ3v) is 4.37. The maximum absolute atomic E-state index is 11.7. The molecule has 1 N–H and O–H groups in total. The summed E-state index contributed by atoms with van der Waals surface area (Å²) in [7, 11) is 0. The van der Waals surface area contributed by atoms with E-state index in [0.717, 1.165) is 30.7 Å². The molecule has 4 heteroatoms. The van der Waals surface area contributed by atoms with Crippen LogP contribution in [0.25, 0.3) is 0 Å². The van der Waals surface area contributed by atoms with E-state index < -0.39 is 12.0 Å². The average Bonchev–Trinajstić information content (AvgIpc) is 3.04. The van der Waals surface area contributed by atoms with Crippen LogP contribution < -0.4 is 0 Å². The number of nitrogens with zero attached hydrogens (tertiary/aromatic N) is 1. The molecule has 3 rings (SSSR count). The van der Waals surface area contributed by atoms with Gasteiger partial charge in [-0.15, -0.1) is 0 Å². The Morgan fingerprint density at radius 3 is 2.68 bits per heavy atom. The lowest BCUT2D eigenvalue weighted by atomic mass is 9.94. The fourth-order valence-corrected chi connectivity index (χ4v) is 3.24. The largest absolute Gasteiger partial charge is 0.480 e. The first kappa shape index (κ1) is 14.9. The molecular weight excluding hydrogens is 278 g/mol. The van der Waals surface area contributed by atoms with Crippen molar-refractivity contribution in [3.8, 4) is 0 Å². The second-order valence-corrected chi connectivity index (χ2v) is 5.92. The van der Waals surface area contributed by atoms with Crippen molar-refractivity contribution in [3.05, 3.63) is 59.5 Å². The number of hydrogen-bond donors (Lipinski definition) is 1. The number of aliphatic carboxylic acids is 1. The molecule has 2 unspecified atom stereocenters. The SMILES string of the molecule is Cc1ccc(C(c2ccco2)N2CCCCC2C(=O)O)cc1. The molecule has 1 saturated heterocycles. The molecule has 0 amide bonds. The standard InChI is InChI=1S/C18H21NO3/c1-13-7-9-14(10-8-13)17(16-6-4-12-22-16)19-11-3-2-5-15(19)18(20)21/h4,6-10,12,15,17H,2-3,5,11H2,1H3,(H,20,21). The Kier molecular flexibility index (Phi) is 4.29. The highest BCUT2D eigenvalue weighted by Gasteiger charge is 2.36. The van der Waals surface area contributed by atoms with Crippen molar-refractivity contribution in [2.45, 2.75) is 38.3 Å². The van der Waals surface area contributed by atoms with Gasteiger partial charge in [0.2, 0.25) is 0 Å². The summed E-state index contributed by atoms with van der Waals surface area (Å²) in [6, 6.07) is 11.4. The summed E-state index contributed by atoms with van der Waals surface area (Å²) in [6.45, 7) is 2.82. The van der Waals surface area contributed by atoms with Crippen molar-refractivity contribution < 1.29 is 14.3 Å². The summed E-state index contributed by atoms with van der Waals surface area (Å²) < 4.78 is 5.63. The normalized spacial score (nSPS) is 20.7. The Morgan fingerprint density at radius 1 is 1.27 bits per heavy atom. The van der Waals surface area contributed by atoms with Crippen LogP contribution in [-0.2, 0) is 4.79 Å². The van der Waals surface area contributed by atoms with E-state index in [1.54, 1.807) is 6.26 Å². The number of carbonyl (C=O) groups is 1. The van der Waals surface area contributed by atoms with Gasteiger partial charge in [-0.2, -0.15) is 0 Å². The zero-order valence-corrected chi connectivity index (χ0v) is 12.7. The molecule has 0 aliphatic carbocycles. The summed E-state index contributed by atoms with van der Waals surface area (Å²) in [5.41, 5.74) is 2.27. The molecule has 0 radical (unpaired) electrons. The molecule has 1 aliphatic heterocycles. The number of aryl methyl sites for hydroxylation is 1. The minimum absolute atomic E-state index is 0.142. The number of benzene rings is 1. The van der Waals surface area contributed by atoms with E-state index in [4.69, 9.17) is 4.42 Å². The van der Waals surface area contributed by atoms with Gasteiger partial charge in [0.15, 0.2) is 0 Å². The topological polar surface area (TPSA) is 53.7 Å². The predicted octanol–water partition coefficient (Wildman–Crippen LogP) is 3.62. The fraction of sp³-hybridized carbons (Fsp3) is 0.389. The second-order valence-electron chi connectivity index (χ2n) is 5.92. The van der Waals surface area contributed by atoms with Crippen molar-refractivity contribution >= 4 is 5.97 Å². The fourth-order valence-electron chi connectivity index (χ4n) is 3.24. The molecule has 1 aromatic heterocycles. The van der Waals surface area contributed by atoms with Gasteiger partial charge in [-0.1, -0.05) is 36.2 Å². The Labute approximate surface area is 130 Å². The number of likely N-dealkylation sites (tertiary alicyclic amines) is 1.